The van der Waals surface area contributed by atoms with Gasteiger partial charge in [0, 0.05) is 11.0 Å². The van der Waals surface area contributed by atoms with E-state index in [4.69, 9.17) is 0 Å². The number of hydrogen-bond donors (Lipinski definition) is 0. The Bertz CT molecular complexity index is 464. The Morgan fingerprint density at radius 3 is 2.57 bits per heavy atom. The first-order valence-electron chi connectivity index (χ1n) is 4.66. The molecule has 0 bridgehead atoms. The molecule has 4 heteroatoms. The summed E-state index contributed by atoms with van der Waals surface area (Å²) in [4.78, 5) is 8.49. The fourth-order valence-corrected chi connectivity index (χ4v) is 1.44. The largest absolute Gasteiger partial charge is 0.221 e. The van der Waals surface area contributed by atoms with Gasteiger partial charge in [0.15, 0.2) is 5.65 Å². The number of fused-ring (bicyclic) bond motifs is 1. The van der Waals surface area contributed by atoms with Crippen LogP contribution in [0, 0.1) is 6.92 Å². The highest BCUT2D eigenvalue weighted by molar-refractivity contribution is 5.45. The summed E-state index contributed by atoms with van der Waals surface area (Å²) < 4.78 is 1.81. The van der Waals surface area contributed by atoms with Crippen LogP contribution in [0.25, 0.3) is 5.65 Å². The van der Waals surface area contributed by atoms with Gasteiger partial charge < -0.3 is 0 Å². The lowest BCUT2D eigenvalue weighted by atomic mass is 9.96. The Hall–Kier alpha value is -1.45. The van der Waals surface area contributed by atoms with E-state index in [1.54, 1.807) is 6.33 Å². The Kier molecular flexibility index (Phi) is 1.80. The van der Waals surface area contributed by atoms with Gasteiger partial charge in [0.1, 0.15) is 12.2 Å². The number of aromatic nitrogens is 4. The first-order chi connectivity index (χ1) is 6.50. The lowest BCUT2D eigenvalue weighted by Gasteiger charge is -2.17. The van der Waals surface area contributed by atoms with E-state index < -0.39 is 0 Å². The lowest BCUT2D eigenvalue weighted by Crippen LogP contribution is -2.19. The van der Waals surface area contributed by atoms with Crippen LogP contribution >= 0.6 is 0 Å². The first-order valence-corrected chi connectivity index (χ1v) is 4.66. The standard InChI is InChI=1S/C10H14N4/c1-7-5-13-14-8(7)11-6-12-9(14)10(2,3)4/h5-6H,1-4H3. The molecular formula is C10H14N4. The van der Waals surface area contributed by atoms with Crippen LogP contribution in [0.4, 0.5) is 0 Å². The van der Waals surface area contributed by atoms with Gasteiger partial charge in [0.2, 0.25) is 0 Å². The summed E-state index contributed by atoms with van der Waals surface area (Å²) in [5, 5.41) is 4.28. The fourth-order valence-electron chi connectivity index (χ4n) is 1.44. The molecule has 0 fully saturated rings. The maximum atomic E-state index is 4.28. The summed E-state index contributed by atoms with van der Waals surface area (Å²) in [6.07, 6.45) is 3.42. The van der Waals surface area contributed by atoms with Crippen molar-refractivity contribution in [2.24, 2.45) is 0 Å². The summed E-state index contributed by atoms with van der Waals surface area (Å²) >= 11 is 0. The highest BCUT2D eigenvalue weighted by Crippen LogP contribution is 2.20. The first kappa shape index (κ1) is 9.12. The van der Waals surface area contributed by atoms with E-state index in [0.717, 1.165) is 17.0 Å². The molecule has 74 valence electrons. The van der Waals surface area contributed by atoms with Crippen molar-refractivity contribution in [1.29, 1.82) is 0 Å². The molecule has 0 spiro atoms. The Balaban J connectivity index is 2.79. The minimum Gasteiger partial charge on any atom is -0.221 e. The van der Waals surface area contributed by atoms with Gasteiger partial charge in [0.25, 0.3) is 0 Å². The quantitative estimate of drug-likeness (QED) is 0.635. The molecule has 0 amide bonds. The predicted molar refractivity (Wildman–Crippen MR) is 54.2 cm³/mol. The molecule has 0 saturated carbocycles. The maximum Gasteiger partial charge on any atom is 0.161 e. The van der Waals surface area contributed by atoms with E-state index in [-0.39, 0.29) is 5.41 Å². The molecule has 0 saturated heterocycles. The van der Waals surface area contributed by atoms with Crippen LogP contribution in [0.15, 0.2) is 12.5 Å². The topological polar surface area (TPSA) is 43.1 Å². The normalized spacial score (nSPS) is 12.3. The molecule has 2 rings (SSSR count). The molecule has 0 aliphatic carbocycles. The van der Waals surface area contributed by atoms with Crippen LogP contribution in [-0.4, -0.2) is 19.6 Å². The zero-order valence-electron chi connectivity index (χ0n) is 8.94. The maximum absolute atomic E-state index is 4.28. The van der Waals surface area contributed by atoms with Crippen LogP contribution in [0.2, 0.25) is 0 Å². The summed E-state index contributed by atoms with van der Waals surface area (Å²) in [6, 6.07) is 0. The van der Waals surface area contributed by atoms with Crippen LogP contribution in [0.1, 0.15) is 32.2 Å². The third kappa shape index (κ3) is 1.27. The number of rotatable bonds is 0. The Morgan fingerprint density at radius 1 is 1.21 bits per heavy atom. The zero-order valence-corrected chi connectivity index (χ0v) is 8.94. The van der Waals surface area contributed by atoms with Crippen LogP contribution < -0.4 is 0 Å². The Labute approximate surface area is 83.0 Å². The van der Waals surface area contributed by atoms with Gasteiger partial charge in [-0.3, -0.25) is 0 Å². The van der Waals surface area contributed by atoms with Crippen molar-refractivity contribution in [3.63, 3.8) is 0 Å². The summed E-state index contributed by atoms with van der Waals surface area (Å²) in [7, 11) is 0. The van der Waals surface area contributed by atoms with Crippen molar-refractivity contribution in [2.75, 3.05) is 0 Å². The summed E-state index contributed by atoms with van der Waals surface area (Å²) in [5.74, 6) is 0.940. The molecule has 0 N–H and O–H groups in total. The van der Waals surface area contributed by atoms with Gasteiger partial charge in [0.05, 0.1) is 6.20 Å². The Morgan fingerprint density at radius 2 is 1.93 bits per heavy atom. The van der Waals surface area contributed by atoms with Crippen LogP contribution in [0.3, 0.4) is 0 Å². The minimum atomic E-state index is -0.0142. The van der Waals surface area contributed by atoms with E-state index >= 15 is 0 Å². The molecule has 0 radical (unpaired) electrons. The average molecular weight is 190 g/mol. The zero-order chi connectivity index (χ0) is 10.3. The van der Waals surface area contributed by atoms with Crippen LogP contribution in [-0.2, 0) is 5.41 Å². The third-order valence-electron chi connectivity index (χ3n) is 2.15. The number of aryl methyl sites for hydroxylation is 1. The number of nitrogens with zero attached hydrogens (tertiary/aromatic N) is 4. The van der Waals surface area contributed by atoms with Gasteiger partial charge in [-0.1, -0.05) is 20.8 Å². The molecule has 14 heavy (non-hydrogen) atoms. The minimum absolute atomic E-state index is 0.0142. The second kappa shape index (κ2) is 2.77. The van der Waals surface area contributed by atoms with E-state index in [0.29, 0.717) is 0 Å². The molecule has 2 aromatic rings. The van der Waals surface area contributed by atoms with E-state index in [2.05, 4.69) is 35.8 Å². The van der Waals surface area contributed by atoms with Gasteiger partial charge in [-0.15, -0.1) is 0 Å². The molecule has 2 heterocycles. The van der Waals surface area contributed by atoms with Gasteiger partial charge in [-0.2, -0.15) is 5.10 Å². The average Bonchev–Trinajstić information content (AvgIpc) is 2.46. The molecule has 0 unspecified atom stereocenters. The summed E-state index contributed by atoms with van der Waals surface area (Å²) in [6.45, 7) is 8.35. The molecule has 0 aliphatic heterocycles. The van der Waals surface area contributed by atoms with Crippen molar-refractivity contribution in [1.82, 2.24) is 19.6 Å². The lowest BCUT2D eigenvalue weighted by molar-refractivity contribution is 0.520. The van der Waals surface area contributed by atoms with E-state index in [1.165, 1.54) is 0 Å². The van der Waals surface area contributed by atoms with E-state index in [1.807, 2.05) is 17.6 Å². The predicted octanol–water partition coefficient (Wildman–Crippen LogP) is 1.73. The number of hydrogen-bond acceptors (Lipinski definition) is 3. The van der Waals surface area contributed by atoms with Gasteiger partial charge in [-0.05, 0) is 6.92 Å². The summed E-state index contributed by atoms with van der Waals surface area (Å²) in [5.41, 5.74) is 1.96. The van der Waals surface area contributed by atoms with Crippen molar-refractivity contribution < 1.29 is 0 Å². The van der Waals surface area contributed by atoms with Crippen molar-refractivity contribution in [3.8, 4) is 0 Å². The van der Waals surface area contributed by atoms with Gasteiger partial charge in [-0.25, -0.2) is 14.5 Å². The fraction of sp³-hybridized carbons (Fsp3) is 0.500. The molecule has 0 atom stereocenters. The molecule has 4 nitrogen and oxygen atoms in total. The molecule has 0 aromatic carbocycles. The molecular weight excluding hydrogens is 176 g/mol. The van der Waals surface area contributed by atoms with E-state index in [9.17, 15) is 0 Å². The van der Waals surface area contributed by atoms with Gasteiger partial charge >= 0.3 is 0 Å². The SMILES string of the molecule is Cc1cnn2c(C(C)(C)C)ncnc12. The van der Waals surface area contributed by atoms with Crippen LogP contribution in [0.5, 0.6) is 0 Å². The van der Waals surface area contributed by atoms with Crippen molar-refractivity contribution in [3.05, 3.63) is 23.9 Å². The highest BCUT2D eigenvalue weighted by atomic mass is 15.3. The highest BCUT2D eigenvalue weighted by Gasteiger charge is 2.20. The van der Waals surface area contributed by atoms with Crippen molar-refractivity contribution in [2.45, 2.75) is 33.1 Å². The second-order valence-corrected chi connectivity index (χ2v) is 4.51. The third-order valence-corrected chi connectivity index (χ3v) is 2.15. The smallest absolute Gasteiger partial charge is 0.161 e. The second-order valence-electron chi connectivity index (χ2n) is 4.51. The van der Waals surface area contributed by atoms with Crippen molar-refractivity contribution >= 4 is 5.65 Å². The monoisotopic (exact) mass is 190 g/mol. The molecule has 0 aliphatic rings. The molecule has 2 aromatic heterocycles.